The van der Waals surface area contributed by atoms with Crippen molar-refractivity contribution in [1.29, 1.82) is 0 Å². The number of benzene rings is 2. The van der Waals surface area contributed by atoms with E-state index >= 15 is 0 Å². The molecule has 0 bridgehead atoms. The fourth-order valence-corrected chi connectivity index (χ4v) is 6.20. The van der Waals surface area contributed by atoms with E-state index in [-0.39, 0.29) is 45.1 Å². The Morgan fingerprint density at radius 1 is 1.10 bits per heavy atom. The van der Waals surface area contributed by atoms with Crippen molar-refractivity contribution in [2.45, 2.75) is 26.8 Å². The molecule has 0 saturated carbocycles. The number of para-hydroxylation sites is 1. The molecule has 2 amide bonds. The highest BCUT2D eigenvalue weighted by molar-refractivity contribution is 7.07. The third kappa shape index (κ3) is 4.77. The van der Waals surface area contributed by atoms with Crippen molar-refractivity contribution >= 4 is 46.4 Å². The van der Waals surface area contributed by atoms with Crippen molar-refractivity contribution in [2.24, 2.45) is 10.7 Å². The number of amides is 2. The number of rotatable bonds is 7. The maximum absolute atomic E-state index is 14.2. The van der Waals surface area contributed by atoms with E-state index in [1.807, 2.05) is 0 Å². The molecule has 2 aliphatic rings. The zero-order valence-corrected chi connectivity index (χ0v) is 23.9. The van der Waals surface area contributed by atoms with Crippen molar-refractivity contribution < 1.29 is 33.4 Å². The van der Waals surface area contributed by atoms with E-state index in [0.717, 1.165) is 11.3 Å². The Morgan fingerprint density at radius 2 is 1.83 bits per heavy atom. The Bertz CT molecular complexity index is 1890. The molecule has 3 aromatic rings. The molecular weight excluding hydrogens is 564 g/mol. The molecule has 13 heteroatoms. The van der Waals surface area contributed by atoms with Gasteiger partial charge in [0.15, 0.2) is 16.3 Å². The van der Waals surface area contributed by atoms with Gasteiger partial charge in [0.1, 0.15) is 11.1 Å². The maximum atomic E-state index is 14.2. The van der Waals surface area contributed by atoms with E-state index in [9.17, 15) is 24.0 Å². The standard InChI is InChI=1S/C29H26N4O8S/c1-5-40-28(38)22-14(2)31-29-33(24(22)16-10-11-19(41-15(3)34)20(12-16)39-4)27(37)25(42-29)23-17-8-6-7-9-18(17)32(26(23)36)13-21(30)35/h6-12,24H,5,13H2,1-4H3,(H2,30,35)/b25-23-/t24-/m1/s1. The second-order valence-electron chi connectivity index (χ2n) is 9.38. The molecule has 1 aromatic heterocycles. The number of ether oxygens (including phenoxy) is 3. The number of fused-ring (bicyclic) bond motifs is 2. The Labute approximate surface area is 242 Å². The van der Waals surface area contributed by atoms with Gasteiger partial charge in [-0.1, -0.05) is 35.6 Å². The lowest BCUT2D eigenvalue weighted by Crippen LogP contribution is -2.41. The van der Waals surface area contributed by atoms with E-state index in [4.69, 9.17) is 19.9 Å². The molecule has 2 aromatic carbocycles. The molecule has 0 aliphatic carbocycles. The Morgan fingerprint density at radius 3 is 2.50 bits per heavy atom. The molecule has 2 aliphatic heterocycles. The summed E-state index contributed by atoms with van der Waals surface area (Å²) in [7, 11) is 1.40. The number of allylic oxidation sites excluding steroid dienone is 1. The number of nitrogens with two attached hydrogens (primary N) is 1. The summed E-state index contributed by atoms with van der Waals surface area (Å²) in [5, 5.41) is 0. The van der Waals surface area contributed by atoms with Gasteiger partial charge in [0.05, 0.1) is 42.3 Å². The third-order valence-corrected chi connectivity index (χ3v) is 7.77. The summed E-state index contributed by atoms with van der Waals surface area (Å²) in [6.07, 6.45) is 0. The minimum absolute atomic E-state index is 0.0876. The molecule has 0 saturated heterocycles. The molecular formula is C29H26N4O8S. The molecule has 42 heavy (non-hydrogen) atoms. The van der Waals surface area contributed by atoms with Crippen LogP contribution in [0.1, 0.15) is 37.9 Å². The van der Waals surface area contributed by atoms with Crippen molar-refractivity contribution in [3.8, 4) is 11.5 Å². The van der Waals surface area contributed by atoms with Crippen molar-refractivity contribution in [3.63, 3.8) is 0 Å². The third-order valence-electron chi connectivity index (χ3n) is 6.71. The van der Waals surface area contributed by atoms with Gasteiger partial charge >= 0.3 is 11.9 Å². The van der Waals surface area contributed by atoms with E-state index < -0.39 is 35.4 Å². The van der Waals surface area contributed by atoms with Gasteiger partial charge in [-0.05, 0) is 37.6 Å². The second kappa shape index (κ2) is 11.1. The Balaban J connectivity index is 1.79. The summed E-state index contributed by atoms with van der Waals surface area (Å²) < 4.78 is 17.4. The first-order valence-corrected chi connectivity index (χ1v) is 13.7. The second-order valence-corrected chi connectivity index (χ2v) is 10.4. The number of aromatic nitrogens is 1. The minimum Gasteiger partial charge on any atom is -0.493 e. The first-order valence-electron chi connectivity index (χ1n) is 12.9. The summed E-state index contributed by atoms with van der Waals surface area (Å²) in [5.74, 6) is -2.12. The van der Waals surface area contributed by atoms with Crippen LogP contribution in [-0.4, -0.2) is 48.6 Å². The SMILES string of the molecule is CCOC(=O)C1=C(C)N=c2s/c(=C3\C(=O)N(CC(N)=O)c4ccccc43)c(=O)n2[C@@H]1c1ccc(OC(C)=O)c(OC)c1. The van der Waals surface area contributed by atoms with Crippen molar-refractivity contribution in [1.82, 2.24) is 4.57 Å². The summed E-state index contributed by atoms with van der Waals surface area (Å²) in [5.41, 5.74) is 6.76. The maximum Gasteiger partial charge on any atom is 0.338 e. The number of thiazole rings is 1. The summed E-state index contributed by atoms with van der Waals surface area (Å²) in [4.78, 5) is 70.5. The fraction of sp³-hybridized carbons (Fsp3) is 0.241. The molecule has 3 heterocycles. The van der Waals surface area contributed by atoms with Crippen molar-refractivity contribution in [3.05, 3.63) is 84.5 Å². The molecule has 0 spiro atoms. The van der Waals surface area contributed by atoms with Gasteiger partial charge in [-0.3, -0.25) is 28.6 Å². The van der Waals surface area contributed by atoms with Crippen LogP contribution >= 0.6 is 11.3 Å². The van der Waals surface area contributed by atoms with E-state index in [0.29, 0.717) is 22.5 Å². The molecule has 0 unspecified atom stereocenters. The Kier molecular flexibility index (Phi) is 7.52. The number of anilines is 1. The predicted octanol–water partition coefficient (Wildman–Crippen LogP) is 0.934. The highest BCUT2D eigenvalue weighted by Crippen LogP contribution is 2.37. The van der Waals surface area contributed by atoms with Crippen LogP contribution in [0.3, 0.4) is 0 Å². The van der Waals surface area contributed by atoms with Gasteiger partial charge in [0.25, 0.3) is 11.5 Å². The van der Waals surface area contributed by atoms with Crippen LogP contribution in [0.15, 0.2) is 63.5 Å². The number of primary amides is 1. The Hall–Kier alpha value is -5.04. The molecule has 0 radical (unpaired) electrons. The zero-order valence-electron chi connectivity index (χ0n) is 23.1. The summed E-state index contributed by atoms with van der Waals surface area (Å²) in [6.45, 7) is 4.28. The smallest absolute Gasteiger partial charge is 0.338 e. The monoisotopic (exact) mass is 590 g/mol. The van der Waals surface area contributed by atoms with Crippen LogP contribution in [-0.2, 0) is 23.9 Å². The average Bonchev–Trinajstić information content (AvgIpc) is 3.40. The fourth-order valence-electron chi connectivity index (χ4n) is 5.06. The van der Waals surface area contributed by atoms with Gasteiger partial charge in [-0.25, -0.2) is 9.79 Å². The van der Waals surface area contributed by atoms with E-state index in [1.54, 1.807) is 50.2 Å². The summed E-state index contributed by atoms with van der Waals surface area (Å²) >= 11 is 0.994. The number of esters is 2. The largest absolute Gasteiger partial charge is 0.493 e. The first kappa shape index (κ1) is 28.5. The van der Waals surface area contributed by atoms with Crippen LogP contribution in [0.4, 0.5) is 5.69 Å². The highest BCUT2D eigenvalue weighted by Gasteiger charge is 2.38. The molecule has 216 valence electrons. The first-order chi connectivity index (χ1) is 20.1. The van der Waals surface area contributed by atoms with Crippen molar-refractivity contribution in [2.75, 3.05) is 25.2 Å². The molecule has 5 rings (SSSR count). The van der Waals surface area contributed by atoms with Gasteiger partial charge in [-0.15, -0.1) is 0 Å². The van der Waals surface area contributed by atoms with Crippen LogP contribution in [0.5, 0.6) is 11.5 Å². The number of carbonyl (C=O) groups excluding carboxylic acids is 4. The van der Waals surface area contributed by atoms with Crippen LogP contribution in [0.25, 0.3) is 5.57 Å². The number of carbonyl (C=O) groups is 4. The highest BCUT2D eigenvalue weighted by atomic mass is 32.1. The average molecular weight is 591 g/mol. The minimum atomic E-state index is -1.01. The van der Waals surface area contributed by atoms with Crippen LogP contribution in [0, 0.1) is 0 Å². The number of hydrogen-bond acceptors (Lipinski definition) is 10. The number of methoxy groups -OCH3 is 1. The van der Waals surface area contributed by atoms with Crippen LogP contribution in [0.2, 0.25) is 0 Å². The van der Waals surface area contributed by atoms with Gasteiger partial charge in [-0.2, -0.15) is 0 Å². The van der Waals surface area contributed by atoms with Gasteiger partial charge in [0, 0.05) is 12.5 Å². The van der Waals surface area contributed by atoms with E-state index in [1.165, 1.54) is 29.6 Å². The van der Waals surface area contributed by atoms with E-state index in [2.05, 4.69) is 4.99 Å². The zero-order chi connectivity index (χ0) is 30.3. The summed E-state index contributed by atoms with van der Waals surface area (Å²) in [6, 6.07) is 10.5. The normalized spacial score (nSPS) is 16.9. The van der Waals surface area contributed by atoms with Crippen LogP contribution < -0.4 is 35.0 Å². The molecule has 1 atom stereocenters. The molecule has 0 fully saturated rings. The number of nitrogens with zero attached hydrogens (tertiary/aromatic N) is 3. The predicted molar refractivity (Wildman–Crippen MR) is 152 cm³/mol. The molecule has 2 N–H and O–H groups in total. The van der Waals surface area contributed by atoms with Gasteiger partial charge in [0.2, 0.25) is 5.91 Å². The topological polar surface area (TPSA) is 160 Å². The lowest BCUT2D eigenvalue weighted by Gasteiger charge is -2.25. The quantitative estimate of drug-likeness (QED) is 0.314. The number of hydrogen-bond donors (Lipinski definition) is 1. The van der Waals surface area contributed by atoms with Gasteiger partial charge < -0.3 is 19.9 Å². The lowest BCUT2D eigenvalue weighted by molar-refractivity contribution is -0.139. The lowest BCUT2D eigenvalue weighted by atomic mass is 9.95. The molecule has 12 nitrogen and oxygen atoms in total.